The molecule has 1 aromatic rings. The summed E-state index contributed by atoms with van der Waals surface area (Å²) >= 11 is 0. The van der Waals surface area contributed by atoms with E-state index >= 15 is 0 Å². The molecule has 0 aromatic heterocycles. The molecule has 0 amide bonds. The van der Waals surface area contributed by atoms with Crippen molar-refractivity contribution in [1.82, 2.24) is 0 Å². The van der Waals surface area contributed by atoms with Crippen LogP contribution in [-0.4, -0.2) is 25.8 Å². The molecule has 0 saturated heterocycles. The van der Waals surface area contributed by atoms with E-state index in [-0.39, 0.29) is 5.97 Å². The summed E-state index contributed by atoms with van der Waals surface area (Å²) in [5.74, 6) is -0.315. The van der Waals surface area contributed by atoms with Gasteiger partial charge in [-0.05, 0) is 31.7 Å². The minimum Gasteiger partial charge on any atom is -0.462 e. The van der Waals surface area contributed by atoms with E-state index < -0.39 is 0 Å². The van der Waals surface area contributed by atoms with Gasteiger partial charge in [-0.25, -0.2) is 4.79 Å². The first-order chi connectivity index (χ1) is 9.20. The van der Waals surface area contributed by atoms with Crippen LogP contribution in [0.1, 0.15) is 25.3 Å². The molecule has 0 aliphatic heterocycles. The van der Waals surface area contributed by atoms with Gasteiger partial charge in [0, 0.05) is 12.2 Å². The summed E-state index contributed by atoms with van der Waals surface area (Å²) in [6.07, 6.45) is 2.66. The molecule has 1 rings (SSSR count). The van der Waals surface area contributed by atoms with Gasteiger partial charge in [-0.1, -0.05) is 36.9 Å². The zero-order valence-corrected chi connectivity index (χ0v) is 11.6. The summed E-state index contributed by atoms with van der Waals surface area (Å²) in [6.45, 7) is 7.05. The highest BCUT2D eigenvalue weighted by Gasteiger charge is 2.01. The fourth-order valence-electron chi connectivity index (χ4n) is 1.53. The van der Waals surface area contributed by atoms with Gasteiger partial charge in [-0.2, -0.15) is 0 Å². The molecule has 0 atom stereocenters. The fourth-order valence-corrected chi connectivity index (χ4v) is 1.53. The van der Waals surface area contributed by atoms with Crippen molar-refractivity contribution in [3.8, 4) is 0 Å². The van der Waals surface area contributed by atoms with Crippen LogP contribution >= 0.6 is 0 Å². The zero-order chi connectivity index (χ0) is 13.9. The van der Waals surface area contributed by atoms with Gasteiger partial charge in [-0.15, -0.1) is 0 Å². The normalized spacial score (nSPS) is 10.2. The molecule has 3 nitrogen and oxygen atoms in total. The van der Waals surface area contributed by atoms with Crippen LogP contribution in [-0.2, 0) is 20.7 Å². The number of esters is 1. The lowest BCUT2D eigenvalue weighted by atomic mass is 10.2. The number of carbonyl (C=O) groups excluding carboxylic acids is 1. The zero-order valence-electron chi connectivity index (χ0n) is 11.6. The molecule has 0 N–H and O–H groups in total. The Labute approximate surface area is 115 Å². The van der Waals surface area contributed by atoms with Crippen LogP contribution < -0.4 is 0 Å². The van der Waals surface area contributed by atoms with E-state index in [1.165, 1.54) is 5.56 Å². The number of carbonyl (C=O) groups is 1. The van der Waals surface area contributed by atoms with E-state index in [2.05, 4.69) is 18.7 Å². The minimum atomic E-state index is -0.315. The van der Waals surface area contributed by atoms with Crippen LogP contribution in [0.2, 0.25) is 0 Å². The summed E-state index contributed by atoms with van der Waals surface area (Å²) in [5.41, 5.74) is 1.73. The second-order valence-corrected chi connectivity index (χ2v) is 4.47. The first kappa shape index (κ1) is 15.4. The fraction of sp³-hybridized carbons (Fsp3) is 0.438. The molecule has 0 radical (unpaired) electrons. The standard InChI is InChI=1S/C16H22O3/c1-14(2)16(17)19-12-7-6-11-18-13-10-15-8-4-3-5-9-15/h3-5,8-9H,1,6-7,10-13H2,2H3. The maximum Gasteiger partial charge on any atom is 0.333 e. The lowest BCUT2D eigenvalue weighted by molar-refractivity contribution is -0.139. The van der Waals surface area contributed by atoms with Gasteiger partial charge >= 0.3 is 5.97 Å². The van der Waals surface area contributed by atoms with Crippen molar-refractivity contribution in [3.05, 3.63) is 48.0 Å². The van der Waals surface area contributed by atoms with E-state index in [9.17, 15) is 4.79 Å². The van der Waals surface area contributed by atoms with Gasteiger partial charge in [0.25, 0.3) is 0 Å². The summed E-state index contributed by atoms with van der Waals surface area (Å²) in [7, 11) is 0. The van der Waals surface area contributed by atoms with Gasteiger partial charge in [0.1, 0.15) is 0 Å². The Balaban J connectivity index is 1.92. The number of hydrogen-bond donors (Lipinski definition) is 0. The number of hydrogen-bond acceptors (Lipinski definition) is 3. The van der Waals surface area contributed by atoms with Crippen LogP contribution in [0.4, 0.5) is 0 Å². The molecule has 0 unspecified atom stereocenters. The molecule has 104 valence electrons. The SMILES string of the molecule is C=C(C)C(=O)OCCCCOCCc1ccccc1. The highest BCUT2D eigenvalue weighted by atomic mass is 16.5. The van der Waals surface area contributed by atoms with Gasteiger partial charge in [-0.3, -0.25) is 0 Å². The lowest BCUT2D eigenvalue weighted by Gasteiger charge is -2.05. The molecule has 0 heterocycles. The molecule has 3 heteroatoms. The molecule has 0 fully saturated rings. The van der Waals surface area contributed by atoms with Crippen LogP contribution in [0.3, 0.4) is 0 Å². The first-order valence-corrected chi connectivity index (χ1v) is 6.64. The average molecular weight is 262 g/mol. The van der Waals surface area contributed by atoms with Crippen molar-refractivity contribution in [3.63, 3.8) is 0 Å². The minimum absolute atomic E-state index is 0.315. The number of unbranched alkanes of at least 4 members (excludes halogenated alkanes) is 1. The molecular formula is C16H22O3. The molecule has 0 saturated carbocycles. The third-order valence-corrected chi connectivity index (χ3v) is 2.64. The maximum atomic E-state index is 11.1. The lowest BCUT2D eigenvalue weighted by Crippen LogP contribution is -2.07. The van der Waals surface area contributed by atoms with Crippen molar-refractivity contribution < 1.29 is 14.3 Å². The average Bonchev–Trinajstić information content (AvgIpc) is 2.42. The Morgan fingerprint density at radius 2 is 1.79 bits per heavy atom. The topological polar surface area (TPSA) is 35.5 Å². The van der Waals surface area contributed by atoms with Crippen molar-refractivity contribution in [2.45, 2.75) is 26.2 Å². The third kappa shape index (κ3) is 7.42. The Hall–Kier alpha value is -1.61. The predicted octanol–water partition coefficient (Wildman–Crippen LogP) is 3.15. The molecule has 1 aromatic carbocycles. The number of ether oxygens (including phenoxy) is 2. The third-order valence-electron chi connectivity index (χ3n) is 2.64. The van der Waals surface area contributed by atoms with Gasteiger partial charge in [0.15, 0.2) is 0 Å². The Morgan fingerprint density at radius 1 is 1.11 bits per heavy atom. The Bertz CT molecular complexity index is 384. The van der Waals surface area contributed by atoms with E-state index in [0.717, 1.165) is 25.9 Å². The summed E-state index contributed by atoms with van der Waals surface area (Å²) in [5, 5.41) is 0. The Kier molecular flexibility index (Phi) is 7.59. The molecular weight excluding hydrogens is 240 g/mol. The van der Waals surface area contributed by atoms with Crippen molar-refractivity contribution in [2.24, 2.45) is 0 Å². The van der Waals surface area contributed by atoms with E-state index in [1.54, 1.807) is 6.92 Å². The highest BCUT2D eigenvalue weighted by molar-refractivity contribution is 5.86. The Morgan fingerprint density at radius 3 is 2.47 bits per heavy atom. The van der Waals surface area contributed by atoms with E-state index in [1.807, 2.05) is 18.2 Å². The number of rotatable bonds is 9. The van der Waals surface area contributed by atoms with Gasteiger partial charge in [0.2, 0.25) is 0 Å². The predicted molar refractivity (Wildman–Crippen MR) is 76.0 cm³/mol. The highest BCUT2D eigenvalue weighted by Crippen LogP contribution is 2.00. The van der Waals surface area contributed by atoms with E-state index in [0.29, 0.717) is 18.8 Å². The van der Waals surface area contributed by atoms with Crippen LogP contribution in [0, 0.1) is 0 Å². The largest absolute Gasteiger partial charge is 0.462 e. The monoisotopic (exact) mass is 262 g/mol. The van der Waals surface area contributed by atoms with Crippen molar-refractivity contribution in [1.29, 1.82) is 0 Å². The molecule has 0 aliphatic carbocycles. The first-order valence-electron chi connectivity index (χ1n) is 6.64. The van der Waals surface area contributed by atoms with Crippen molar-refractivity contribution >= 4 is 5.97 Å². The van der Waals surface area contributed by atoms with Gasteiger partial charge in [0.05, 0.1) is 13.2 Å². The summed E-state index contributed by atoms with van der Waals surface area (Å²) in [4.78, 5) is 11.1. The summed E-state index contributed by atoms with van der Waals surface area (Å²) in [6, 6.07) is 10.3. The number of benzene rings is 1. The molecule has 19 heavy (non-hydrogen) atoms. The van der Waals surface area contributed by atoms with Crippen LogP contribution in [0.5, 0.6) is 0 Å². The second kappa shape index (κ2) is 9.34. The second-order valence-electron chi connectivity index (χ2n) is 4.47. The smallest absolute Gasteiger partial charge is 0.333 e. The maximum absolute atomic E-state index is 11.1. The van der Waals surface area contributed by atoms with Crippen LogP contribution in [0.15, 0.2) is 42.5 Å². The quantitative estimate of drug-likeness (QED) is 0.389. The van der Waals surface area contributed by atoms with Crippen molar-refractivity contribution in [2.75, 3.05) is 19.8 Å². The van der Waals surface area contributed by atoms with Crippen LogP contribution in [0.25, 0.3) is 0 Å². The molecule has 0 spiro atoms. The van der Waals surface area contributed by atoms with Gasteiger partial charge < -0.3 is 9.47 Å². The van der Waals surface area contributed by atoms with E-state index in [4.69, 9.17) is 9.47 Å². The summed E-state index contributed by atoms with van der Waals surface area (Å²) < 4.78 is 10.5. The molecule has 0 bridgehead atoms. The molecule has 0 aliphatic rings.